The predicted octanol–water partition coefficient (Wildman–Crippen LogP) is 1.69. The molecule has 2 N–H and O–H groups in total. The monoisotopic (exact) mass is 298 g/mol. The first-order chi connectivity index (χ1) is 10.1. The molecule has 0 aliphatic carbocycles. The lowest BCUT2D eigenvalue weighted by Crippen LogP contribution is -2.54. The van der Waals surface area contributed by atoms with Gasteiger partial charge in [0.1, 0.15) is 6.10 Å². The van der Waals surface area contributed by atoms with E-state index in [-0.39, 0.29) is 24.1 Å². The number of nitrogens with two attached hydrogens (primary N) is 1. The Morgan fingerprint density at radius 3 is 2.71 bits per heavy atom. The molecular weight excluding hydrogens is 268 g/mol. The van der Waals surface area contributed by atoms with E-state index in [1.807, 2.05) is 18.7 Å². The van der Waals surface area contributed by atoms with Gasteiger partial charge in [-0.15, -0.1) is 0 Å². The summed E-state index contributed by atoms with van der Waals surface area (Å²) in [7, 11) is 0. The molecule has 2 saturated heterocycles. The standard InChI is InChI=1S/C16H30N2O3/c1-12(17)15-8-3-5-9-18(15)16(19)13(2)21-11-14-7-4-6-10-20-14/h12-15H,3-11,17H2,1-2H3. The second-order valence-electron chi connectivity index (χ2n) is 6.42. The Balaban J connectivity index is 1.82. The molecule has 0 spiro atoms. The van der Waals surface area contributed by atoms with Crippen LogP contribution in [0.15, 0.2) is 0 Å². The van der Waals surface area contributed by atoms with Crippen molar-refractivity contribution in [3.05, 3.63) is 0 Å². The van der Waals surface area contributed by atoms with Crippen molar-refractivity contribution in [1.29, 1.82) is 0 Å². The van der Waals surface area contributed by atoms with E-state index in [9.17, 15) is 4.79 Å². The third-order valence-corrected chi connectivity index (χ3v) is 4.59. The summed E-state index contributed by atoms with van der Waals surface area (Å²) in [6.45, 7) is 5.97. The van der Waals surface area contributed by atoms with E-state index >= 15 is 0 Å². The van der Waals surface area contributed by atoms with Crippen molar-refractivity contribution in [2.75, 3.05) is 19.8 Å². The first-order valence-corrected chi connectivity index (χ1v) is 8.39. The summed E-state index contributed by atoms with van der Waals surface area (Å²) in [6.07, 6.45) is 6.32. The molecule has 0 radical (unpaired) electrons. The Hall–Kier alpha value is -0.650. The van der Waals surface area contributed by atoms with Crippen LogP contribution in [-0.4, -0.2) is 54.9 Å². The van der Waals surface area contributed by atoms with E-state index in [2.05, 4.69) is 0 Å². The Labute approximate surface area is 128 Å². The van der Waals surface area contributed by atoms with Gasteiger partial charge in [-0.2, -0.15) is 0 Å². The maximum Gasteiger partial charge on any atom is 0.251 e. The molecule has 4 unspecified atom stereocenters. The van der Waals surface area contributed by atoms with E-state index in [1.54, 1.807) is 0 Å². The van der Waals surface area contributed by atoms with Crippen LogP contribution in [0, 0.1) is 0 Å². The minimum absolute atomic E-state index is 0.0168. The third kappa shape index (κ3) is 4.66. The number of carbonyl (C=O) groups excluding carboxylic acids is 1. The lowest BCUT2D eigenvalue weighted by atomic mass is 9.96. The molecule has 5 nitrogen and oxygen atoms in total. The SMILES string of the molecule is CC(OCC1CCCCO1)C(=O)N1CCCCC1C(C)N. The summed E-state index contributed by atoms with van der Waals surface area (Å²) in [5.74, 6) is 0.0767. The topological polar surface area (TPSA) is 64.8 Å². The number of hydrogen-bond donors (Lipinski definition) is 1. The van der Waals surface area contributed by atoms with Crippen molar-refractivity contribution in [3.63, 3.8) is 0 Å². The molecule has 2 fully saturated rings. The molecule has 0 bridgehead atoms. The highest BCUT2D eigenvalue weighted by Gasteiger charge is 2.32. The van der Waals surface area contributed by atoms with Gasteiger partial charge in [-0.1, -0.05) is 0 Å². The first-order valence-electron chi connectivity index (χ1n) is 8.39. The van der Waals surface area contributed by atoms with Crippen molar-refractivity contribution in [1.82, 2.24) is 4.90 Å². The number of piperidine rings is 1. The van der Waals surface area contributed by atoms with Crippen LogP contribution in [0.2, 0.25) is 0 Å². The largest absolute Gasteiger partial charge is 0.376 e. The minimum Gasteiger partial charge on any atom is -0.376 e. The molecule has 2 aliphatic heterocycles. The van der Waals surface area contributed by atoms with Crippen LogP contribution in [0.3, 0.4) is 0 Å². The number of likely N-dealkylation sites (tertiary alicyclic amines) is 1. The third-order valence-electron chi connectivity index (χ3n) is 4.59. The summed E-state index contributed by atoms with van der Waals surface area (Å²) < 4.78 is 11.4. The Bertz CT molecular complexity index is 329. The molecule has 0 aromatic heterocycles. The molecule has 0 saturated carbocycles. The van der Waals surface area contributed by atoms with Crippen LogP contribution in [0.25, 0.3) is 0 Å². The maximum absolute atomic E-state index is 12.6. The summed E-state index contributed by atoms with van der Waals surface area (Å²) in [6, 6.07) is 0.173. The highest BCUT2D eigenvalue weighted by atomic mass is 16.5. The molecule has 5 heteroatoms. The van der Waals surface area contributed by atoms with Crippen LogP contribution in [0.5, 0.6) is 0 Å². The molecule has 0 aromatic carbocycles. The van der Waals surface area contributed by atoms with Gasteiger partial charge in [0.2, 0.25) is 0 Å². The van der Waals surface area contributed by atoms with Crippen molar-refractivity contribution < 1.29 is 14.3 Å². The van der Waals surface area contributed by atoms with Gasteiger partial charge in [-0.05, 0) is 52.4 Å². The highest BCUT2D eigenvalue weighted by Crippen LogP contribution is 2.21. The van der Waals surface area contributed by atoms with Gasteiger partial charge in [0, 0.05) is 25.2 Å². The van der Waals surface area contributed by atoms with Gasteiger partial charge < -0.3 is 20.1 Å². The molecule has 122 valence electrons. The van der Waals surface area contributed by atoms with Crippen LogP contribution in [0.1, 0.15) is 52.4 Å². The quantitative estimate of drug-likeness (QED) is 0.839. The zero-order valence-electron chi connectivity index (χ0n) is 13.4. The summed E-state index contributed by atoms with van der Waals surface area (Å²) in [5.41, 5.74) is 6.03. The molecule has 0 aromatic rings. The number of carbonyl (C=O) groups is 1. The molecule has 2 heterocycles. The smallest absolute Gasteiger partial charge is 0.251 e. The van der Waals surface area contributed by atoms with E-state index in [4.69, 9.17) is 15.2 Å². The van der Waals surface area contributed by atoms with Crippen molar-refractivity contribution in [2.45, 2.75) is 76.7 Å². The number of rotatable bonds is 5. The first kappa shape index (κ1) is 16.7. The second kappa shape index (κ2) is 8.11. The van der Waals surface area contributed by atoms with Gasteiger partial charge >= 0.3 is 0 Å². The summed E-state index contributed by atoms with van der Waals surface area (Å²) in [5, 5.41) is 0. The Kier molecular flexibility index (Phi) is 6.45. The molecule has 2 rings (SSSR count). The summed E-state index contributed by atoms with van der Waals surface area (Å²) in [4.78, 5) is 14.5. The van der Waals surface area contributed by atoms with Crippen molar-refractivity contribution in [2.24, 2.45) is 5.73 Å². The van der Waals surface area contributed by atoms with Crippen molar-refractivity contribution in [3.8, 4) is 0 Å². The second-order valence-corrected chi connectivity index (χ2v) is 6.42. The van der Waals surface area contributed by atoms with E-state index in [0.717, 1.165) is 45.3 Å². The van der Waals surface area contributed by atoms with Crippen molar-refractivity contribution >= 4 is 5.91 Å². The van der Waals surface area contributed by atoms with Gasteiger partial charge in [-0.3, -0.25) is 4.79 Å². The lowest BCUT2D eigenvalue weighted by Gasteiger charge is -2.39. The zero-order chi connectivity index (χ0) is 15.2. The van der Waals surface area contributed by atoms with Crippen LogP contribution >= 0.6 is 0 Å². The average molecular weight is 298 g/mol. The fourth-order valence-electron chi connectivity index (χ4n) is 3.27. The van der Waals surface area contributed by atoms with E-state index < -0.39 is 6.10 Å². The van der Waals surface area contributed by atoms with Crippen LogP contribution in [0.4, 0.5) is 0 Å². The molecule has 21 heavy (non-hydrogen) atoms. The lowest BCUT2D eigenvalue weighted by molar-refractivity contribution is -0.150. The Morgan fingerprint density at radius 2 is 2.05 bits per heavy atom. The number of ether oxygens (including phenoxy) is 2. The summed E-state index contributed by atoms with van der Waals surface area (Å²) >= 11 is 0. The van der Waals surface area contributed by atoms with Gasteiger partial charge in [0.25, 0.3) is 5.91 Å². The zero-order valence-corrected chi connectivity index (χ0v) is 13.4. The van der Waals surface area contributed by atoms with Crippen LogP contribution < -0.4 is 5.73 Å². The average Bonchev–Trinajstić information content (AvgIpc) is 2.52. The molecular formula is C16H30N2O3. The van der Waals surface area contributed by atoms with E-state index in [0.29, 0.717) is 6.61 Å². The number of amides is 1. The van der Waals surface area contributed by atoms with Crippen LogP contribution in [-0.2, 0) is 14.3 Å². The molecule has 1 amide bonds. The normalized spacial score (nSPS) is 30.0. The Morgan fingerprint density at radius 1 is 1.29 bits per heavy atom. The fourth-order valence-corrected chi connectivity index (χ4v) is 3.27. The minimum atomic E-state index is -0.408. The number of hydrogen-bond acceptors (Lipinski definition) is 4. The van der Waals surface area contributed by atoms with Gasteiger partial charge in [0.15, 0.2) is 0 Å². The van der Waals surface area contributed by atoms with Gasteiger partial charge in [-0.25, -0.2) is 0 Å². The fraction of sp³-hybridized carbons (Fsp3) is 0.938. The van der Waals surface area contributed by atoms with Gasteiger partial charge in [0.05, 0.1) is 12.7 Å². The maximum atomic E-state index is 12.6. The highest BCUT2D eigenvalue weighted by molar-refractivity contribution is 5.81. The number of nitrogens with zero attached hydrogens (tertiary/aromatic N) is 1. The molecule has 2 aliphatic rings. The predicted molar refractivity (Wildman–Crippen MR) is 82.0 cm³/mol. The van der Waals surface area contributed by atoms with E-state index in [1.165, 1.54) is 6.42 Å². The molecule has 4 atom stereocenters.